The van der Waals surface area contributed by atoms with Gasteiger partial charge in [0.05, 0.1) is 6.33 Å². The number of oxime groups is 1. The van der Waals surface area contributed by atoms with Gasteiger partial charge in [0.1, 0.15) is 5.41 Å². The molecule has 0 bridgehead atoms. The minimum atomic E-state index is -0.942. The first-order valence-electron chi connectivity index (χ1n) is 6.34. The van der Waals surface area contributed by atoms with Gasteiger partial charge in [0.15, 0.2) is 5.84 Å². The van der Waals surface area contributed by atoms with Gasteiger partial charge in [-0.1, -0.05) is 19.0 Å². The van der Waals surface area contributed by atoms with E-state index < -0.39 is 5.41 Å². The Morgan fingerprint density at radius 3 is 2.74 bits per heavy atom. The summed E-state index contributed by atoms with van der Waals surface area (Å²) >= 11 is 0. The molecule has 0 saturated carbocycles. The second kappa shape index (κ2) is 6.77. The number of aromatic amines is 1. The second-order valence-corrected chi connectivity index (χ2v) is 4.36. The molecule has 19 heavy (non-hydrogen) atoms. The number of nitrogens with two attached hydrogens (primary N) is 1. The zero-order chi connectivity index (χ0) is 14.3. The second-order valence-electron chi connectivity index (χ2n) is 4.36. The van der Waals surface area contributed by atoms with Crippen LogP contribution in [0.1, 0.15) is 32.4 Å². The van der Waals surface area contributed by atoms with E-state index in [0.717, 1.165) is 5.69 Å². The molecule has 1 aromatic rings. The number of amides is 1. The highest BCUT2D eigenvalue weighted by atomic mass is 16.4. The summed E-state index contributed by atoms with van der Waals surface area (Å²) < 4.78 is 0. The summed E-state index contributed by atoms with van der Waals surface area (Å²) in [4.78, 5) is 19.1. The SMILES string of the molecule is CCC(CC)(C(=O)NCCc1cnc[nH]1)C(N)=NO. The van der Waals surface area contributed by atoms with Crippen molar-refractivity contribution < 1.29 is 10.0 Å². The van der Waals surface area contributed by atoms with Gasteiger partial charge in [0.2, 0.25) is 5.91 Å². The molecular formula is C12H21N5O2. The molecule has 1 aromatic heterocycles. The van der Waals surface area contributed by atoms with Crippen LogP contribution in [0.15, 0.2) is 17.7 Å². The van der Waals surface area contributed by atoms with Gasteiger partial charge in [0.25, 0.3) is 0 Å². The maximum atomic E-state index is 12.2. The quantitative estimate of drug-likeness (QED) is 0.251. The van der Waals surface area contributed by atoms with Gasteiger partial charge in [0, 0.05) is 24.9 Å². The Hall–Kier alpha value is -2.05. The number of carbonyl (C=O) groups excluding carboxylic acids is 1. The van der Waals surface area contributed by atoms with E-state index in [9.17, 15) is 4.79 Å². The van der Waals surface area contributed by atoms with Gasteiger partial charge in [-0.15, -0.1) is 0 Å². The highest BCUT2D eigenvalue weighted by molar-refractivity contribution is 6.06. The Morgan fingerprint density at radius 1 is 1.58 bits per heavy atom. The average Bonchev–Trinajstić information content (AvgIpc) is 2.93. The molecule has 106 valence electrons. The molecule has 5 N–H and O–H groups in total. The van der Waals surface area contributed by atoms with Crippen LogP contribution in [0.25, 0.3) is 0 Å². The minimum Gasteiger partial charge on any atom is -0.409 e. The molecule has 0 aliphatic heterocycles. The van der Waals surface area contributed by atoms with Gasteiger partial charge in [-0.25, -0.2) is 4.98 Å². The van der Waals surface area contributed by atoms with Gasteiger partial charge in [-0.3, -0.25) is 4.79 Å². The van der Waals surface area contributed by atoms with Gasteiger partial charge in [-0.05, 0) is 12.8 Å². The fourth-order valence-electron chi connectivity index (χ4n) is 2.05. The maximum Gasteiger partial charge on any atom is 0.233 e. The van der Waals surface area contributed by atoms with E-state index >= 15 is 0 Å². The summed E-state index contributed by atoms with van der Waals surface area (Å²) in [5.41, 5.74) is 5.67. The smallest absolute Gasteiger partial charge is 0.233 e. The van der Waals surface area contributed by atoms with Gasteiger partial charge in [-0.2, -0.15) is 0 Å². The first-order valence-corrected chi connectivity index (χ1v) is 6.34. The molecule has 0 spiro atoms. The van der Waals surface area contributed by atoms with Crippen LogP contribution in [0.3, 0.4) is 0 Å². The van der Waals surface area contributed by atoms with Crippen molar-refractivity contribution in [2.75, 3.05) is 6.54 Å². The van der Waals surface area contributed by atoms with Crippen molar-refractivity contribution in [2.24, 2.45) is 16.3 Å². The van der Waals surface area contributed by atoms with E-state index in [1.807, 2.05) is 13.8 Å². The van der Waals surface area contributed by atoms with Crippen molar-refractivity contribution >= 4 is 11.7 Å². The van der Waals surface area contributed by atoms with E-state index in [0.29, 0.717) is 25.8 Å². The molecule has 0 aliphatic carbocycles. The predicted molar refractivity (Wildman–Crippen MR) is 71.7 cm³/mol. The Bertz CT molecular complexity index is 423. The third-order valence-corrected chi connectivity index (χ3v) is 3.47. The summed E-state index contributed by atoms with van der Waals surface area (Å²) in [7, 11) is 0. The van der Waals surface area contributed by atoms with Crippen molar-refractivity contribution in [2.45, 2.75) is 33.1 Å². The molecule has 1 rings (SSSR count). The molecule has 0 aliphatic rings. The van der Waals surface area contributed by atoms with Crippen LogP contribution in [-0.2, 0) is 11.2 Å². The van der Waals surface area contributed by atoms with Crippen LogP contribution in [0.5, 0.6) is 0 Å². The molecular weight excluding hydrogens is 246 g/mol. The number of imidazole rings is 1. The number of amidine groups is 1. The largest absolute Gasteiger partial charge is 0.409 e. The van der Waals surface area contributed by atoms with Crippen LogP contribution in [-0.4, -0.2) is 33.5 Å². The summed E-state index contributed by atoms with van der Waals surface area (Å²) in [6.07, 6.45) is 4.93. The lowest BCUT2D eigenvalue weighted by Crippen LogP contribution is -2.49. The van der Waals surface area contributed by atoms with E-state index in [-0.39, 0.29) is 11.7 Å². The van der Waals surface area contributed by atoms with Crippen molar-refractivity contribution in [1.82, 2.24) is 15.3 Å². The van der Waals surface area contributed by atoms with E-state index in [1.54, 1.807) is 12.5 Å². The van der Waals surface area contributed by atoms with Crippen molar-refractivity contribution in [3.05, 3.63) is 18.2 Å². The van der Waals surface area contributed by atoms with E-state index in [4.69, 9.17) is 10.9 Å². The lowest BCUT2D eigenvalue weighted by molar-refractivity contribution is -0.127. The lowest BCUT2D eigenvalue weighted by atomic mass is 9.80. The third kappa shape index (κ3) is 3.24. The number of aromatic nitrogens is 2. The Kier molecular flexibility index (Phi) is 5.35. The number of nitrogens with one attached hydrogen (secondary N) is 2. The molecule has 1 amide bonds. The molecule has 0 fully saturated rings. The minimum absolute atomic E-state index is 0.0449. The zero-order valence-corrected chi connectivity index (χ0v) is 11.3. The number of hydrogen-bond donors (Lipinski definition) is 4. The van der Waals surface area contributed by atoms with E-state index in [2.05, 4.69) is 20.4 Å². The van der Waals surface area contributed by atoms with Gasteiger partial charge < -0.3 is 21.2 Å². The predicted octanol–water partition coefficient (Wildman–Crippen LogP) is 0.621. The van der Waals surface area contributed by atoms with Crippen LogP contribution in [0, 0.1) is 5.41 Å². The van der Waals surface area contributed by atoms with Crippen molar-refractivity contribution in [1.29, 1.82) is 0 Å². The lowest BCUT2D eigenvalue weighted by Gasteiger charge is -2.28. The number of nitrogens with zero attached hydrogens (tertiary/aromatic N) is 2. The third-order valence-electron chi connectivity index (χ3n) is 3.47. The fourth-order valence-corrected chi connectivity index (χ4v) is 2.05. The number of carbonyl (C=O) groups is 1. The molecule has 0 radical (unpaired) electrons. The molecule has 7 heteroatoms. The topological polar surface area (TPSA) is 116 Å². The molecule has 7 nitrogen and oxygen atoms in total. The summed E-state index contributed by atoms with van der Waals surface area (Å²) in [5.74, 6) is -0.260. The Balaban J connectivity index is 2.63. The van der Waals surface area contributed by atoms with Crippen LogP contribution < -0.4 is 11.1 Å². The number of hydrogen-bond acceptors (Lipinski definition) is 4. The fraction of sp³-hybridized carbons (Fsp3) is 0.583. The molecule has 0 aromatic carbocycles. The monoisotopic (exact) mass is 267 g/mol. The molecule has 0 atom stereocenters. The van der Waals surface area contributed by atoms with E-state index in [1.165, 1.54) is 0 Å². The standard InChI is InChI=1S/C12H21N5O2/c1-3-12(4-2,10(13)17-19)11(18)15-6-5-9-7-14-8-16-9/h7-8,19H,3-6H2,1-2H3,(H2,13,17)(H,14,16)(H,15,18). The van der Waals surface area contributed by atoms with Gasteiger partial charge >= 0.3 is 0 Å². The maximum absolute atomic E-state index is 12.2. The van der Waals surface area contributed by atoms with Crippen LogP contribution in [0.2, 0.25) is 0 Å². The zero-order valence-electron chi connectivity index (χ0n) is 11.3. The van der Waals surface area contributed by atoms with Crippen molar-refractivity contribution in [3.63, 3.8) is 0 Å². The summed E-state index contributed by atoms with van der Waals surface area (Å²) in [6.45, 7) is 4.16. The normalized spacial score (nSPS) is 12.4. The highest BCUT2D eigenvalue weighted by Gasteiger charge is 2.39. The molecule has 0 saturated heterocycles. The van der Waals surface area contributed by atoms with Crippen LogP contribution in [0.4, 0.5) is 0 Å². The first-order chi connectivity index (χ1) is 9.10. The number of rotatable bonds is 7. The average molecular weight is 267 g/mol. The number of H-pyrrole nitrogens is 1. The molecule has 0 unspecified atom stereocenters. The molecule has 1 heterocycles. The Labute approximate surface area is 112 Å². The first kappa shape index (κ1) is 15.0. The Morgan fingerprint density at radius 2 is 2.26 bits per heavy atom. The van der Waals surface area contributed by atoms with Crippen LogP contribution >= 0.6 is 0 Å². The van der Waals surface area contributed by atoms with Crippen molar-refractivity contribution in [3.8, 4) is 0 Å². The highest BCUT2D eigenvalue weighted by Crippen LogP contribution is 2.26. The summed E-state index contributed by atoms with van der Waals surface area (Å²) in [6, 6.07) is 0. The summed E-state index contributed by atoms with van der Waals surface area (Å²) in [5, 5.41) is 14.6.